The van der Waals surface area contributed by atoms with Gasteiger partial charge in [0.25, 0.3) is 5.92 Å². The molecule has 1 saturated heterocycles. The molecule has 0 radical (unpaired) electrons. The van der Waals surface area contributed by atoms with Gasteiger partial charge in [0.15, 0.2) is 0 Å². The molecule has 3 nitrogen and oxygen atoms in total. The van der Waals surface area contributed by atoms with E-state index in [1.165, 1.54) is 0 Å². The van der Waals surface area contributed by atoms with Crippen LogP contribution in [0, 0.1) is 5.92 Å². The first-order valence-electron chi connectivity index (χ1n) is 5.90. The molecule has 1 heterocycles. The van der Waals surface area contributed by atoms with Crippen molar-refractivity contribution >= 4 is 5.91 Å². The molecular weight excluding hydrogens is 214 g/mol. The molecule has 5 heteroatoms. The molecule has 2 aliphatic rings. The number of nitrogens with two attached hydrogens (primary N) is 1. The van der Waals surface area contributed by atoms with Gasteiger partial charge in [-0.15, -0.1) is 0 Å². The number of hydrogen-bond donors (Lipinski definition) is 1. The van der Waals surface area contributed by atoms with Crippen LogP contribution < -0.4 is 5.73 Å². The maximum atomic E-state index is 12.9. The molecule has 0 unspecified atom stereocenters. The average Bonchev–Trinajstić information content (AvgIpc) is 2.64. The number of rotatable bonds is 1. The Morgan fingerprint density at radius 3 is 2.38 bits per heavy atom. The summed E-state index contributed by atoms with van der Waals surface area (Å²) < 4.78 is 25.8. The van der Waals surface area contributed by atoms with Crippen LogP contribution in [0.5, 0.6) is 0 Å². The van der Waals surface area contributed by atoms with Gasteiger partial charge >= 0.3 is 0 Å². The van der Waals surface area contributed by atoms with E-state index in [1.807, 2.05) is 0 Å². The molecule has 1 saturated carbocycles. The summed E-state index contributed by atoms with van der Waals surface area (Å²) in [5.74, 6) is -2.58. The Morgan fingerprint density at radius 2 is 1.88 bits per heavy atom. The normalized spacial score (nSPS) is 34.1. The average molecular weight is 232 g/mol. The SMILES string of the molecule is N[C@@H]1CC[C@H](C(=O)N2CCC(F)(F)CC2)C1. The molecule has 2 atom stereocenters. The van der Waals surface area contributed by atoms with Gasteiger partial charge in [0.05, 0.1) is 0 Å². The van der Waals surface area contributed by atoms with Crippen LogP contribution in [0.1, 0.15) is 32.1 Å². The Labute approximate surface area is 94.0 Å². The third-order valence-corrected chi connectivity index (χ3v) is 3.63. The highest BCUT2D eigenvalue weighted by Crippen LogP contribution is 2.31. The lowest BCUT2D eigenvalue weighted by Crippen LogP contribution is -2.45. The highest BCUT2D eigenvalue weighted by atomic mass is 19.3. The van der Waals surface area contributed by atoms with Crippen LogP contribution in [0.15, 0.2) is 0 Å². The van der Waals surface area contributed by atoms with Gasteiger partial charge in [-0.3, -0.25) is 4.79 Å². The number of carbonyl (C=O) groups is 1. The van der Waals surface area contributed by atoms with Gasteiger partial charge in [-0.05, 0) is 19.3 Å². The lowest BCUT2D eigenvalue weighted by molar-refractivity contribution is -0.141. The lowest BCUT2D eigenvalue weighted by atomic mass is 10.0. The first kappa shape index (κ1) is 11.8. The van der Waals surface area contributed by atoms with Crippen molar-refractivity contribution in [2.45, 2.75) is 44.1 Å². The highest BCUT2D eigenvalue weighted by molar-refractivity contribution is 5.79. The van der Waals surface area contributed by atoms with E-state index < -0.39 is 5.92 Å². The zero-order valence-corrected chi connectivity index (χ0v) is 9.29. The molecule has 2 N–H and O–H groups in total. The molecule has 0 bridgehead atoms. The maximum absolute atomic E-state index is 12.9. The van der Waals surface area contributed by atoms with E-state index in [9.17, 15) is 13.6 Å². The van der Waals surface area contributed by atoms with Gasteiger partial charge in [0, 0.05) is 37.9 Å². The van der Waals surface area contributed by atoms with Gasteiger partial charge in [-0.1, -0.05) is 0 Å². The Bertz CT molecular complexity index is 273. The molecule has 2 rings (SSSR count). The summed E-state index contributed by atoms with van der Waals surface area (Å²) in [7, 11) is 0. The van der Waals surface area contributed by atoms with Crippen molar-refractivity contribution in [2.24, 2.45) is 11.7 Å². The van der Waals surface area contributed by atoms with Gasteiger partial charge in [0.1, 0.15) is 0 Å². The summed E-state index contributed by atoms with van der Waals surface area (Å²) in [4.78, 5) is 13.6. The van der Waals surface area contributed by atoms with Crippen molar-refractivity contribution in [1.29, 1.82) is 0 Å². The van der Waals surface area contributed by atoms with E-state index in [0.29, 0.717) is 6.42 Å². The molecule has 0 aromatic rings. The van der Waals surface area contributed by atoms with Crippen molar-refractivity contribution in [3.8, 4) is 0 Å². The zero-order chi connectivity index (χ0) is 11.8. The fourth-order valence-corrected chi connectivity index (χ4v) is 2.55. The fraction of sp³-hybridized carbons (Fsp3) is 0.909. The van der Waals surface area contributed by atoms with Crippen LogP contribution in [-0.2, 0) is 4.79 Å². The highest BCUT2D eigenvalue weighted by Gasteiger charge is 2.38. The number of likely N-dealkylation sites (tertiary alicyclic amines) is 1. The Morgan fingerprint density at radius 1 is 1.25 bits per heavy atom. The lowest BCUT2D eigenvalue weighted by Gasteiger charge is -2.33. The topological polar surface area (TPSA) is 46.3 Å². The molecule has 16 heavy (non-hydrogen) atoms. The van der Waals surface area contributed by atoms with Crippen LogP contribution in [-0.4, -0.2) is 35.9 Å². The second-order valence-electron chi connectivity index (χ2n) is 4.95. The molecule has 1 amide bonds. The molecule has 92 valence electrons. The van der Waals surface area contributed by atoms with E-state index in [4.69, 9.17) is 5.73 Å². The molecule has 1 aliphatic carbocycles. The zero-order valence-electron chi connectivity index (χ0n) is 9.29. The van der Waals surface area contributed by atoms with E-state index in [0.717, 1.165) is 12.8 Å². The second-order valence-corrected chi connectivity index (χ2v) is 4.95. The standard InChI is InChI=1S/C11H18F2N2O/c12-11(13)3-5-15(6-4-11)10(16)8-1-2-9(14)7-8/h8-9H,1-7,14H2/t8-,9+/m0/s1. The number of amides is 1. The minimum absolute atomic E-state index is 0.0262. The molecule has 0 spiro atoms. The van der Waals surface area contributed by atoms with Crippen LogP contribution in [0.25, 0.3) is 0 Å². The molecular formula is C11H18F2N2O. The Balaban J connectivity index is 1.87. The van der Waals surface area contributed by atoms with E-state index in [1.54, 1.807) is 4.90 Å². The van der Waals surface area contributed by atoms with Crippen LogP contribution in [0.4, 0.5) is 8.78 Å². The number of nitrogens with zero attached hydrogens (tertiary/aromatic N) is 1. The monoisotopic (exact) mass is 232 g/mol. The Hall–Kier alpha value is -0.710. The molecule has 0 aromatic heterocycles. The fourth-order valence-electron chi connectivity index (χ4n) is 2.55. The summed E-state index contributed by atoms with van der Waals surface area (Å²) in [5, 5.41) is 0. The first-order valence-corrected chi connectivity index (χ1v) is 5.90. The largest absolute Gasteiger partial charge is 0.342 e. The minimum atomic E-state index is -2.58. The van der Waals surface area contributed by atoms with Gasteiger partial charge in [0.2, 0.25) is 5.91 Å². The smallest absolute Gasteiger partial charge is 0.251 e. The second kappa shape index (κ2) is 4.28. The number of hydrogen-bond acceptors (Lipinski definition) is 2. The van der Waals surface area contributed by atoms with E-state index in [-0.39, 0.29) is 43.8 Å². The quantitative estimate of drug-likeness (QED) is 0.742. The summed E-state index contributed by atoms with van der Waals surface area (Å²) in [6, 6.07) is 0.111. The summed E-state index contributed by atoms with van der Waals surface area (Å²) in [6.07, 6.45) is 2.01. The molecule has 2 fully saturated rings. The van der Waals surface area contributed by atoms with E-state index in [2.05, 4.69) is 0 Å². The Kier molecular flexibility index (Phi) is 3.15. The predicted molar refractivity (Wildman–Crippen MR) is 56.1 cm³/mol. The number of carbonyl (C=O) groups excluding carboxylic acids is 1. The van der Waals surface area contributed by atoms with Gasteiger partial charge in [-0.25, -0.2) is 8.78 Å². The third-order valence-electron chi connectivity index (χ3n) is 3.63. The van der Waals surface area contributed by atoms with Crippen molar-refractivity contribution in [1.82, 2.24) is 4.90 Å². The van der Waals surface area contributed by atoms with Crippen LogP contribution in [0.3, 0.4) is 0 Å². The summed E-state index contributed by atoms with van der Waals surface area (Å²) in [6.45, 7) is 0.384. The van der Waals surface area contributed by atoms with Gasteiger partial charge in [-0.2, -0.15) is 0 Å². The summed E-state index contributed by atoms with van der Waals surface area (Å²) in [5.41, 5.74) is 5.74. The van der Waals surface area contributed by atoms with Crippen LogP contribution in [0.2, 0.25) is 0 Å². The van der Waals surface area contributed by atoms with E-state index >= 15 is 0 Å². The van der Waals surface area contributed by atoms with Crippen molar-refractivity contribution < 1.29 is 13.6 Å². The maximum Gasteiger partial charge on any atom is 0.251 e. The third kappa shape index (κ3) is 2.51. The van der Waals surface area contributed by atoms with Crippen molar-refractivity contribution in [2.75, 3.05) is 13.1 Å². The van der Waals surface area contributed by atoms with Crippen molar-refractivity contribution in [3.05, 3.63) is 0 Å². The van der Waals surface area contributed by atoms with Gasteiger partial charge < -0.3 is 10.6 Å². The number of alkyl halides is 2. The summed E-state index contributed by atoms with van der Waals surface area (Å²) >= 11 is 0. The number of piperidine rings is 1. The van der Waals surface area contributed by atoms with Crippen molar-refractivity contribution in [3.63, 3.8) is 0 Å². The number of halogens is 2. The first-order chi connectivity index (χ1) is 7.48. The molecule has 0 aromatic carbocycles. The molecule has 1 aliphatic heterocycles. The van der Waals surface area contributed by atoms with Crippen LogP contribution >= 0.6 is 0 Å². The minimum Gasteiger partial charge on any atom is -0.342 e. The predicted octanol–water partition coefficient (Wildman–Crippen LogP) is 1.37.